The summed E-state index contributed by atoms with van der Waals surface area (Å²) in [5.74, 6) is -0.212. The van der Waals surface area contributed by atoms with E-state index in [-0.39, 0.29) is 16.4 Å². The summed E-state index contributed by atoms with van der Waals surface area (Å²) >= 11 is 0. The van der Waals surface area contributed by atoms with Gasteiger partial charge in [-0.1, -0.05) is 19.1 Å². The second-order valence-corrected chi connectivity index (χ2v) is 8.44. The van der Waals surface area contributed by atoms with Crippen LogP contribution in [-0.2, 0) is 26.4 Å². The molecule has 0 saturated heterocycles. The van der Waals surface area contributed by atoms with E-state index in [0.29, 0.717) is 12.0 Å². The van der Waals surface area contributed by atoms with Gasteiger partial charge in [0, 0.05) is 12.3 Å². The number of rotatable bonds is 5. The topological polar surface area (TPSA) is 97.7 Å². The van der Waals surface area contributed by atoms with Crippen molar-refractivity contribution in [2.45, 2.75) is 23.1 Å². The average Bonchev–Trinajstić information content (AvgIpc) is 2.45. The molecule has 0 radical (unpaired) electrons. The highest BCUT2D eigenvalue weighted by molar-refractivity contribution is 7.92. The van der Waals surface area contributed by atoms with Crippen molar-refractivity contribution in [1.82, 2.24) is 0 Å². The summed E-state index contributed by atoms with van der Waals surface area (Å²) in [4.78, 5) is -0.778. The number of aryl methyl sites for hydroxylation is 1. The van der Waals surface area contributed by atoms with Gasteiger partial charge in [-0.05, 0) is 36.2 Å². The highest BCUT2D eigenvalue weighted by Crippen LogP contribution is 2.28. The standard InChI is InChI=1S/C15H16O6S2/c1-3-11-8-12(16)10-13(9-11)21-23(19,20)15-7-5-4-6-14(15)22(2,17)18/h4-10,16H,3H2,1-2H3. The maximum absolute atomic E-state index is 12.4. The van der Waals surface area contributed by atoms with Gasteiger partial charge in [0.25, 0.3) is 0 Å². The summed E-state index contributed by atoms with van der Waals surface area (Å²) in [5, 5.41) is 9.61. The molecule has 0 unspecified atom stereocenters. The van der Waals surface area contributed by atoms with E-state index in [9.17, 15) is 21.9 Å². The lowest BCUT2D eigenvalue weighted by atomic mass is 10.1. The molecule has 0 aromatic heterocycles. The molecule has 124 valence electrons. The van der Waals surface area contributed by atoms with Crippen LogP contribution in [0.3, 0.4) is 0 Å². The van der Waals surface area contributed by atoms with Gasteiger partial charge in [0.1, 0.15) is 16.4 Å². The zero-order chi connectivity index (χ0) is 17.3. The maximum Gasteiger partial charge on any atom is 0.340 e. The van der Waals surface area contributed by atoms with Crippen LogP contribution in [-0.4, -0.2) is 28.2 Å². The van der Waals surface area contributed by atoms with Gasteiger partial charge in [0.15, 0.2) is 9.84 Å². The first kappa shape index (κ1) is 17.3. The van der Waals surface area contributed by atoms with Crippen molar-refractivity contribution >= 4 is 20.0 Å². The maximum atomic E-state index is 12.4. The Morgan fingerprint density at radius 3 is 2.17 bits per heavy atom. The summed E-state index contributed by atoms with van der Waals surface area (Å²) in [5.41, 5.74) is 0.687. The Balaban J connectivity index is 2.51. The molecule has 0 spiro atoms. The average molecular weight is 356 g/mol. The minimum atomic E-state index is -4.36. The molecule has 23 heavy (non-hydrogen) atoms. The number of phenols is 1. The smallest absolute Gasteiger partial charge is 0.340 e. The fourth-order valence-electron chi connectivity index (χ4n) is 2.03. The van der Waals surface area contributed by atoms with Gasteiger partial charge >= 0.3 is 10.1 Å². The van der Waals surface area contributed by atoms with Crippen LogP contribution in [0.25, 0.3) is 0 Å². The number of sulfone groups is 1. The van der Waals surface area contributed by atoms with E-state index >= 15 is 0 Å². The number of hydrogen-bond acceptors (Lipinski definition) is 6. The fraction of sp³-hybridized carbons (Fsp3) is 0.200. The molecule has 0 bridgehead atoms. The molecule has 2 rings (SSSR count). The molecule has 0 aliphatic rings. The van der Waals surface area contributed by atoms with E-state index < -0.39 is 24.9 Å². The molecule has 1 N–H and O–H groups in total. The number of benzene rings is 2. The normalized spacial score (nSPS) is 12.1. The summed E-state index contributed by atoms with van der Waals surface area (Å²) in [6, 6.07) is 9.31. The minimum Gasteiger partial charge on any atom is -0.508 e. The van der Waals surface area contributed by atoms with E-state index in [1.807, 2.05) is 6.92 Å². The highest BCUT2D eigenvalue weighted by atomic mass is 32.2. The Morgan fingerprint density at radius 2 is 1.61 bits per heavy atom. The SMILES string of the molecule is CCc1cc(O)cc(OS(=O)(=O)c2ccccc2S(C)(=O)=O)c1. The second-order valence-electron chi connectivity index (χ2n) is 4.95. The van der Waals surface area contributed by atoms with Gasteiger partial charge in [-0.2, -0.15) is 8.42 Å². The third kappa shape index (κ3) is 4.02. The van der Waals surface area contributed by atoms with Crippen LogP contribution in [0.5, 0.6) is 11.5 Å². The molecule has 6 nitrogen and oxygen atoms in total. The number of phenolic OH excluding ortho intramolecular Hbond substituents is 1. The lowest BCUT2D eigenvalue weighted by Crippen LogP contribution is -2.14. The van der Waals surface area contributed by atoms with Crippen molar-refractivity contribution < 1.29 is 26.1 Å². The zero-order valence-electron chi connectivity index (χ0n) is 12.6. The van der Waals surface area contributed by atoms with E-state index in [2.05, 4.69) is 0 Å². The Bertz CT molecular complexity index is 930. The Labute approximate surface area is 135 Å². The van der Waals surface area contributed by atoms with E-state index in [0.717, 1.165) is 18.4 Å². The Kier molecular flexibility index (Phi) is 4.67. The third-order valence-electron chi connectivity index (χ3n) is 3.08. The van der Waals surface area contributed by atoms with Crippen LogP contribution in [0.15, 0.2) is 52.3 Å². The van der Waals surface area contributed by atoms with Crippen LogP contribution in [0.2, 0.25) is 0 Å². The highest BCUT2D eigenvalue weighted by Gasteiger charge is 2.25. The first-order chi connectivity index (χ1) is 10.6. The quantitative estimate of drug-likeness (QED) is 0.824. The van der Waals surface area contributed by atoms with Crippen LogP contribution in [0, 0.1) is 0 Å². The van der Waals surface area contributed by atoms with Crippen LogP contribution in [0.4, 0.5) is 0 Å². The van der Waals surface area contributed by atoms with Gasteiger partial charge in [0.05, 0.1) is 4.90 Å². The largest absolute Gasteiger partial charge is 0.508 e. The Morgan fingerprint density at radius 1 is 1.00 bits per heavy atom. The predicted molar refractivity (Wildman–Crippen MR) is 84.9 cm³/mol. The van der Waals surface area contributed by atoms with Crippen molar-refractivity contribution in [3.63, 3.8) is 0 Å². The fourth-order valence-corrected chi connectivity index (χ4v) is 4.55. The summed E-state index contributed by atoms with van der Waals surface area (Å²) in [6.07, 6.45) is 1.50. The van der Waals surface area contributed by atoms with Crippen molar-refractivity contribution in [2.24, 2.45) is 0 Å². The minimum absolute atomic E-state index is 0.0786. The molecule has 0 aliphatic carbocycles. The molecular formula is C15H16O6S2. The predicted octanol–water partition coefficient (Wildman–Crippen LogP) is 2.13. The third-order valence-corrected chi connectivity index (χ3v) is 5.67. The van der Waals surface area contributed by atoms with Crippen molar-refractivity contribution in [1.29, 1.82) is 0 Å². The van der Waals surface area contributed by atoms with Gasteiger partial charge in [0.2, 0.25) is 0 Å². The van der Waals surface area contributed by atoms with Gasteiger partial charge in [-0.15, -0.1) is 0 Å². The van der Waals surface area contributed by atoms with E-state index in [1.54, 1.807) is 0 Å². The molecular weight excluding hydrogens is 340 g/mol. The monoisotopic (exact) mass is 356 g/mol. The summed E-state index contributed by atoms with van der Waals surface area (Å²) < 4.78 is 53.3. The molecule has 0 aliphatic heterocycles. The van der Waals surface area contributed by atoms with Crippen LogP contribution in [0.1, 0.15) is 12.5 Å². The van der Waals surface area contributed by atoms with Gasteiger partial charge in [-0.3, -0.25) is 0 Å². The first-order valence-electron chi connectivity index (χ1n) is 6.70. The lowest BCUT2D eigenvalue weighted by Gasteiger charge is -2.11. The molecule has 0 amide bonds. The molecule has 0 atom stereocenters. The molecule has 2 aromatic rings. The molecule has 2 aromatic carbocycles. The number of hydrogen-bond donors (Lipinski definition) is 1. The first-order valence-corrected chi connectivity index (χ1v) is 10.00. The van der Waals surface area contributed by atoms with Crippen molar-refractivity contribution in [3.05, 3.63) is 48.0 Å². The van der Waals surface area contributed by atoms with Crippen LogP contribution >= 0.6 is 0 Å². The zero-order valence-corrected chi connectivity index (χ0v) is 14.2. The molecule has 8 heteroatoms. The summed E-state index contributed by atoms with van der Waals surface area (Å²) in [6.45, 7) is 1.84. The lowest BCUT2D eigenvalue weighted by molar-refractivity contribution is 0.461. The molecule has 0 heterocycles. The van der Waals surface area contributed by atoms with E-state index in [4.69, 9.17) is 4.18 Å². The number of aromatic hydroxyl groups is 1. The second kappa shape index (κ2) is 6.21. The molecule has 0 fully saturated rings. The van der Waals surface area contributed by atoms with E-state index in [1.165, 1.54) is 30.3 Å². The van der Waals surface area contributed by atoms with Crippen molar-refractivity contribution in [2.75, 3.05) is 6.26 Å². The van der Waals surface area contributed by atoms with Crippen LogP contribution < -0.4 is 4.18 Å². The molecule has 0 saturated carbocycles. The van der Waals surface area contributed by atoms with Gasteiger partial charge in [-0.25, -0.2) is 8.42 Å². The van der Waals surface area contributed by atoms with Gasteiger partial charge < -0.3 is 9.29 Å². The van der Waals surface area contributed by atoms with Crippen molar-refractivity contribution in [3.8, 4) is 11.5 Å². The summed E-state index contributed by atoms with van der Waals surface area (Å²) in [7, 11) is -8.10. The Hall–Kier alpha value is -2.06.